The SMILES string of the molecule is CCCN1C(=NC(=O)c2cccc(C(N)=O)c2)Cc2cc(/C=C/C(=O)NCCCOCCOCCOCCOCCOCCCN)ccc21. The zero-order valence-corrected chi connectivity index (χ0v) is 28.5. The summed E-state index contributed by atoms with van der Waals surface area (Å²) >= 11 is 0. The molecule has 0 fully saturated rings. The Balaban J connectivity index is 1.28. The van der Waals surface area contributed by atoms with Crippen molar-refractivity contribution in [2.45, 2.75) is 32.6 Å². The Bertz CT molecular complexity index is 1380. The summed E-state index contributed by atoms with van der Waals surface area (Å²) in [7, 11) is 0. The van der Waals surface area contributed by atoms with Crippen LogP contribution in [0.5, 0.6) is 0 Å². The van der Waals surface area contributed by atoms with Crippen molar-refractivity contribution in [3.05, 3.63) is 70.8 Å². The lowest BCUT2D eigenvalue weighted by Crippen LogP contribution is -2.28. The fourth-order valence-electron chi connectivity index (χ4n) is 4.86. The van der Waals surface area contributed by atoms with Crippen LogP contribution in [-0.2, 0) is 34.9 Å². The Kier molecular flexibility index (Phi) is 18.8. The molecule has 49 heavy (non-hydrogen) atoms. The lowest BCUT2D eigenvalue weighted by Gasteiger charge is -2.19. The molecule has 1 aliphatic rings. The van der Waals surface area contributed by atoms with Gasteiger partial charge in [0.1, 0.15) is 5.84 Å². The van der Waals surface area contributed by atoms with E-state index in [4.69, 9.17) is 35.2 Å². The molecule has 0 radical (unpaired) electrons. The molecule has 5 N–H and O–H groups in total. The fourth-order valence-corrected chi connectivity index (χ4v) is 4.86. The Hall–Kier alpha value is -3.98. The summed E-state index contributed by atoms with van der Waals surface area (Å²) in [5.74, 6) is -0.582. The molecular weight excluding hydrogens is 630 g/mol. The van der Waals surface area contributed by atoms with Crippen LogP contribution in [0.1, 0.15) is 58.0 Å². The molecule has 0 saturated carbocycles. The van der Waals surface area contributed by atoms with Crippen molar-refractivity contribution in [3.63, 3.8) is 0 Å². The molecule has 0 atom stereocenters. The Labute approximate surface area is 288 Å². The van der Waals surface area contributed by atoms with Crippen LogP contribution in [-0.4, -0.2) is 109 Å². The third-order valence-electron chi connectivity index (χ3n) is 7.30. The smallest absolute Gasteiger partial charge is 0.278 e. The van der Waals surface area contributed by atoms with Gasteiger partial charge in [-0.25, -0.2) is 0 Å². The Morgan fingerprint density at radius 2 is 1.45 bits per heavy atom. The molecule has 13 nitrogen and oxygen atoms in total. The number of amidine groups is 1. The molecule has 1 heterocycles. The molecule has 0 bridgehead atoms. The molecule has 1 aliphatic heterocycles. The first-order valence-corrected chi connectivity index (χ1v) is 16.9. The van der Waals surface area contributed by atoms with Gasteiger partial charge in [-0.05, 0) is 73.3 Å². The summed E-state index contributed by atoms with van der Waals surface area (Å²) in [6, 6.07) is 12.2. The van der Waals surface area contributed by atoms with Gasteiger partial charge in [0.2, 0.25) is 11.8 Å². The van der Waals surface area contributed by atoms with E-state index in [0.717, 1.165) is 29.7 Å². The van der Waals surface area contributed by atoms with Crippen molar-refractivity contribution < 1.29 is 38.1 Å². The summed E-state index contributed by atoms with van der Waals surface area (Å²) in [6.07, 6.45) is 6.15. The highest BCUT2D eigenvalue weighted by Gasteiger charge is 2.26. The standard InChI is InChI=1S/C36H51N5O8/c1-2-14-41-32-10-8-28(25-31(32)27-33(41)40-36(44)30-7-3-6-29(26-30)35(38)43)9-11-34(42)39-13-5-16-46-18-20-48-22-24-49-23-21-47-19-17-45-15-4-12-37/h3,6-11,25-26H,2,4-5,12-24,27,37H2,1H3,(H2,38,43)(H,39,42)/b11-9+,40-33?. The van der Waals surface area contributed by atoms with Crippen LogP contribution in [0.3, 0.4) is 0 Å². The van der Waals surface area contributed by atoms with E-state index in [1.54, 1.807) is 24.3 Å². The number of primary amides is 1. The zero-order chi connectivity index (χ0) is 35.1. The fraction of sp³-hybridized carbons (Fsp3) is 0.500. The highest BCUT2D eigenvalue weighted by molar-refractivity contribution is 6.13. The summed E-state index contributed by atoms with van der Waals surface area (Å²) < 4.78 is 27.3. The lowest BCUT2D eigenvalue weighted by atomic mass is 10.1. The quantitative estimate of drug-likeness (QED) is 0.104. The second-order valence-corrected chi connectivity index (χ2v) is 11.2. The average Bonchev–Trinajstić information content (AvgIpc) is 3.44. The number of ether oxygens (including phenoxy) is 5. The van der Waals surface area contributed by atoms with Crippen LogP contribution in [0.4, 0.5) is 5.69 Å². The van der Waals surface area contributed by atoms with Gasteiger partial charge in [0.05, 0.1) is 52.9 Å². The molecular formula is C36H51N5O8. The van der Waals surface area contributed by atoms with Gasteiger partial charge >= 0.3 is 0 Å². The Morgan fingerprint density at radius 1 is 0.837 bits per heavy atom. The number of nitrogens with two attached hydrogens (primary N) is 2. The van der Waals surface area contributed by atoms with Crippen molar-refractivity contribution in [3.8, 4) is 0 Å². The van der Waals surface area contributed by atoms with Crippen LogP contribution in [0, 0.1) is 0 Å². The van der Waals surface area contributed by atoms with Crippen LogP contribution < -0.4 is 21.7 Å². The maximum atomic E-state index is 12.9. The first-order valence-electron chi connectivity index (χ1n) is 16.9. The molecule has 268 valence electrons. The monoisotopic (exact) mass is 681 g/mol. The number of rotatable bonds is 25. The van der Waals surface area contributed by atoms with Crippen molar-refractivity contribution >= 4 is 35.3 Å². The molecule has 0 aromatic heterocycles. The molecule has 2 aromatic rings. The van der Waals surface area contributed by atoms with Gasteiger partial charge in [-0.2, -0.15) is 4.99 Å². The highest BCUT2D eigenvalue weighted by Crippen LogP contribution is 2.31. The molecule has 0 spiro atoms. The van der Waals surface area contributed by atoms with Gasteiger partial charge in [0.25, 0.3) is 5.91 Å². The summed E-state index contributed by atoms with van der Waals surface area (Å²) in [4.78, 5) is 43.3. The summed E-state index contributed by atoms with van der Waals surface area (Å²) in [5, 5.41) is 2.87. The predicted molar refractivity (Wildman–Crippen MR) is 189 cm³/mol. The van der Waals surface area contributed by atoms with E-state index >= 15 is 0 Å². The summed E-state index contributed by atoms with van der Waals surface area (Å²) in [5.41, 5.74) is 14.2. The van der Waals surface area contributed by atoms with Crippen LogP contribution in [0.25, 0.3) is 6.08 Å². The number of carbonyl (C=O) groups is 3. The van der Waals surface area contributed by atoms with Gasteiger partial charge in [0, 0.05) is 55.6 Å². The van der Waals surface area contributed by atoms with Crippen molar-refractivity contribution in [2.24, 2.45) is 16.5 Å². The maximum Gasteiger partial charge on any atom is 0.278 e. The number of hydrogen-bond donors (Lipinski definition) is 3. The minimum Gasteiger partial charge on any atom is -0.379 e. The van der Waals surface area contributed by atoms with Crippen molar-refractivity contribution in [2.75, 3.05) is 90.6 Å². The van der Waals surface area contributed by atoms with Gasteiger partial charge < -0.3 is 45.4 Å². The van der Waals surface area contributed by atoms with E-state index in [1.807, 2.05) is 23.1 Å². The van der Waals surface area contributed by atoms with Gasteiger partial charge in [0.15, 0.2) is 0 Å². The minimum absolute atomic E-state index is 0.191. The van der Waals surface area contributed by atoms with E-state index in [2.05, 4.69) is 17.2 Å². The molecule has 0 saturated heterocycles. The predicted octanol–water partition coefficient (Wildman–Crippen LogP) is 2.75. The second kappa shape index (κ2) is 23.4. The average molecular weight is 682 g/mol. The van der Waals surface area contributed by atoms with E-state index in [9.17, 15) is 14.4 Å². The number of nitrogens with one attached hydrogen (secondary N) is 1. The molecule has 0 aliphatic carbocycles. The minimum atomic E-state index is -0.600. The number of hydrogen-bond acceptors (Lipinski definition) is 9. The largest absolute Gasteiger partial charge is 0.379 e. The number of amides is 3. The third kappa shape index (κ3) is 15.0. The van der Waals surface area contributed by atoms with E-state index in [0.29, 0.717) is 110 Å². The second-order valence-electron chi connectivity index (χ2n) is 11.2. The normalized spacial score (nSPS) is 13.3. The van der Waals surface area contributed by atoms with Crippen LogP contribution in [0.15, 0.2) is 53.5 Å². The maximum absolute atomic E-state index is 12.9. The number of benzene rings is 2. The van der Waals surface area contributed by atoms with Crippen molar-refractivity contribution in [1.29, 1.82) is 0 Å². The van der Waals surface area contributed by atoms with E-state index in [1.165, 1.54) is 12.1 Å². The summed E-state index contributed by atoms with van der Waals surface area (Å²) in [6.45, 7) is 9.11. The number of fused-ring (bicyclic) bond motifs is 1. The number of nitrogens with zero attached hydrogens (tertiary/aromatic N) is 2. The van der Waals surface area contributed by atoms with Gasteiger partial charge in [-0.1, -0.05) is 19.1 Å². The number of carbonyl (C=O) groups excluding carboxylic acids is 3. The molecule has 3 rings (SSSR count). The van der Waals surface area contributed by atoms with E-state index < -0.39 is 11.8 Å². The van der Waals surface area contributed by atoms with Crippen molar-refractivity contribution in [1.82, 2.24) is 5.32 Å². The van der Waals surface area contributed by atoms with Crippen LogP contribution in [0.2, 0.25) is 0 Å². The highest BCUT2D eigenvalue weighted by atomic mass is 16.6. The lowest BCUT2D eigenvalue weighted by molar-refractivity contribution is -0.116. The van der Waals surface area contributed by atoms with Gasteiger partial charge in [-0.15, -0.1) is 0 Å². The van der Waals surface area contributed by atoms with Gasteiger partial charge in [-0.3, -0.25) is 14.4 Å². The topological polar surface area (TPSA) is 177 Å². The molecule has 2 aromatic carbocycles. The molecule has 13 heteroatoms. The number of aliphatic imine (C=N–C) groups is 1. The molecule has 3 amide bonds. The Morgan fingerprint density at radius 3 is 2.06 bits per heavy atom. The number of anilines is 1. The van der Waals surface area contributed by atoms with Crippen LogP contribution >= 0.6 is 0 Å². The first kappa shape index (κ1) is 39.5. The first-order chi connectivity index (χ1) is 23.9. The zero-order valence-electron chi connectivity index (χ0n) is 28.5. The van der Waals surface area contributed by atoms with E-state index in [-0.39, 0.29) is 11.5 Å². The third-order valence-corrected chi connectivity index (χ3v) is 7.30. The molecule has 0 unspecified atom stereocenters.